The summed E-state index contributed by atoms with van der Waals surface area (Å²) in [7, 11) is 0. The molecule has 2 N–H and O–H groups in total. The second-order valence-electron chi connectivity index (χ2n) is 5.34. The summed E-state index contributed by atoms with van der Waals surface area (Å²) >= 11 is 2.64. The molecule has 130 valence electrons. The number of aromatic nitrogens is 1. The Hall–Kier alpha value is -3.02. The molecule has 0 aliphatic heterocycles. The summed E-state index contributed by atoms with van der Waals surface area (Å²) in [5.74, 6) is -0.378. The fourth-order valence-corrected chi connectivity index (χ4v) is 3.51. The first-order chi connectivity index (χ1) is 12.6. The quantitative estimate of drug-likeness (QED) is 0.684. The molecule has 0 aliphatic rings. The summed E-state index contributed by atoms with van der Waals surface area (Å²) in [6.45, 7) is 0.348. The number of carbonyl (C=O) groups excluding carboxylic acids is 2. The number of nitrogens with one attached hydrogen (secondary N) is 2. The largest absolute Gasteiger partial charge is 0.352 e. The van der Waals surface area contributed by atoms with Crippen LogP contribution >= 0.6 is 22.7 Å². The molecule has 3 rings (SSSR count). The van der Waals surface area contributed by atoms with Gasteiger partial charge in [-0.15, -0.1) is 22.7 Å². The Morgan fingerprint density at radius 2 is 2.08 bits per heavy atom. The highest BCUT2D eigenvalue weighted by Crippen LogP contribution is 2.18. The molecular weight excluding hydrogens is 368 g/mol. The van der Waals surface area contributed by atoms with E-state index in [4.69, 9.17) is 5.26 Å². The number of amides is 2. The molecule has 2 aromatic heterocycles. The van der Waals surface area contributed by atoms with Crippen LogP contribution in [0.4, 0.5) is 5.13 Å². The molecule has 1 aromatic carbocycles. The van der Waals surface area contributed by atoms with Crippen LogP contribution in [0.25, 0.3) is 0 Å². The van der Waals surface area contributed by atoms with E-state index < -0.39 is 0 Å². The van der Waals surface area contributed by atoms with Crippen molar-refractivity contribution in [2.24, 2.45) is 0 Å². The van der Waals surface area contributed by atoms with Crippen molar-refractivity contribution in [2.45, 2.75) is 13.0 Å². The van der Waals surface area contributed by atoms with Gasteiger partial charge in [-0.3, -0.25) is 14.9 Å². The minimum absolute atomic E-state index is 0.128. The second-order valence-corrected chi connectivity index (χ2v) is 7.15. The van der Waals surface area contributed by atoms with E-state index in [9.17, 15) is 9.59 Å². The summed E-state index contributed by atoms with van der Waals surface area (Å²) in [5.41, 5.74) is 2.02. The molecule has 0 saturated carbocycles. The minimum atomic E-state index is -0.206. The number of hydrogen-bond donors (Lipinski definition) is 2. The van der Waals surface area contributed by atoms with Crippen LogP contribution < -0.4 is 10.6 Å². The molecule has 2 amide bonds. The van der Waals surface area contributed by atoms with Gasteiger partial charge in [0.2, 0.25) is 5.91 Å². The van der Waals surface area contributed by atoms with Crippen molar-refractivity contribution in [3.63, 3.8) is 0 Å². The number of nitriles is 1. The van der Waals surface area contributed by atoms with Gasteiger partial charge in [0, 0.05) is 11.9 Å². The number of anilines is 1. The molecule has 26 heavy (non-hydrogen) atoms. The average Bonchev–Trinajstić information content (AvgIpc) is 3.32. The topological polar surface area (TPSA) is 94.9 Å². The monoisotopic (exact) mass is 382 g/mol. The van der Waals surface area contributed by atoms with E-state index in [0.29, 0.717) is 27.8 Å². The standard InChI is InChI=1S/C18H14N4O2S2/c19-9-12-3-1-4-13(7-12)10-20-16(23)8-14-11-26-18(21-14)22-17(24)15-5-2-6-25-15/h1-7,11H,8,10H2,(H,20,23)(H,21,22,24). The third-order valence-corrected chi connectivity index (χ3v) is 5.08. The molecule has 0 saturated heterocycles. The van der Waals surface area contributed by atoms with Crippen LogP contribution in [-0.2, 0) is 17.8 Å². The Morgan fingerprint density at radius 1 is 1.19 bits per heavy atom. The Kier molecular flexibility index (Phi) is 5.73. The lowest BCUT2D eigenvalue weighted by atomic mass is 10.1. The molecule has 2 heterocycles. The van der Waals surface area contributed by atoms with Crippen LogP contribution in [0.5, 0.6) is 0 Å². The number of thiazole rings is 1. The highest BCUT2D eigenvalue weighted by Gasteiger charge is 2.11. The van der Waals surface area contributed by atoms with E-state index in [1.807, 2.05) is 17.5 Å². The van der Waals surface area contributed by atoms with Crippen molar-refractivity contribution in [1.29, 1.82) is 5.26 Å². The van der Waals surface area contributed by atoms with Gasteiger partial charge in [0.05, 0.1) is 28.6 Å². The van der Waals surface area contributed by atoms with Crippen molar-refractivity contribution >= 4 is 39.6 Å². The van der Waals surface area contributed by atoms with Crippen molar-refractivity contribution in [1.82, 2.24) is 10.3 Å². The molecule has 0 aliphatic carbocycles. The predicted octanol–water partition coefficient (Wildman–Crippen LogP) is 3.19. The fraction of sp³-hybridized carbons (Fsp3) is 0.111. The van der Waals surface area contributed by atoms with Crippen LogP contribution in [0.3, 0.4) is 0 Å². The molecule has 0 radical (unpaired) electrons. The van der Waals surface area contributed by atoms with E-state index in [0.717, 1.165) is 5.56 Å². The molecule has 8 heteroatoms. The van der Waals surface area contributed by atoms with Crippen LogP contribution in [0, 0.1) is 11.3 Å². The van der Waals surface area contributed by atoms with Gasteiger partial charge in [0.1, 0.15) is 0 Å². The first-order valence-electron chi connectivity index (χ1n) is 7.69. The van der Waals surface area contributed by atoms with Gasteiger partial charge in [-0.1, -0.05) is 18.2 Å². The summed E-state index contributed by atoms with van der Waals surface area (Å²) in [6.07, 6.45) is 0.128. The van der Waals surface area contributed by atoms with Gasteiger partial charge < -0.3 is 5.32 Å². The number of benzene rings is 1. The van der Waals surface area contributed by atoms with Gasteiger partial charge >= 0.3 is 0 Å². The minimum Gasteiger partial charge on any atom is -0.352 e. The van der Waals surface area contributed by atoms with Crippen molar-refractivity contribution in [3.05, 3.63) is 68.9 Å². The van der Waals surface area contributed by atoms with Gasteiger partial charge in [-0.2, -0.15) is 5.26 Å². The number of hydrogen-bond acceptors (Lipinski definition) is 6. The van der Waals surface area contributed by atoms with E-state index in [1.165, 1.54) is 22.7 Å². The number of rotatable bonds is 6. The molecule has 0 atom stereocenters. The van der Waals surface area contributed by atoms with Gasteiger partial charge in [-0.25, -0.2) is 4.98 Å². The normalized spacial score (nSPS) is 10.1. The van der Waals surface area contributed by atoms with Crippen LogP contribution in [0.2, 0.25) is 0 Å². The molecule has 0 bridgehead atoms. The van der Waals surface area contributed by atoms with Gasteiger partial charge in [-0.05, 0) is 29.1 Å². The molecule has 0 spiro atoms. The molecule has 6 nitrogen and oxygen atoms in total. The smallest absolute Gasteiger partial charge is 0.267 e. The number of carbonyl (C=O) groups is 2. The second kappa shape index (κ2) is 8.38. The van der Waals surface area contributed by atoms with E-state index in [-0.39, 0.29) is 18.2 Å². The lowest BCUT2D eigenvalue weighted by Gasteiger charge is -2.04. The molecular formula is C18H14N4O2S2. The van der Waals surface area contributed by atoms with Crippen molar-refractivity contribution in [3.8, 4) is 6.07 Å². The summed E-state index contributed by atoms with van der Waals surface area (Å²) < 4.78 is 0. The van der Waals surface area contributed by atoms with Crippen molar-refractivity contribution in [2.75, 3.05) is 5.32 Å². The lowest BCUT2D eigenvalue weighted by molar-refractivity contribution is -0.120. The Morgan fingerprint density at radius 3 is 2.85 bits per heavy atom. The fourth-order valence-electron chi connectivity index (χ4n) is 2.19. The zero-order valence-corrected chi connectivity index (χ0v) is 15.2. The van der Waals surface area contributed by atoms with E-state index in [2.05, 4.69) is 21.7 Å². The zero-order valence-electron chi connectivity index (χ0n) is 13.6. The third-order valence-electron chi connectivity index (χ3n) is 3.40. The van der Waals surface area contributed by atoms with Crippen LogP contribution in [-0.4, -0.2) is 16.8 Å². The maximum Gasteiger partial charge on any atom is 0.267 e. The number of thiophene rings is 1. The first-order valence-corrected chi connectivity index (χ1v) is 9.45. The maximum atomic E-state index is 12.1. The molecule has 3 aromatic rings. The predicted molar refractivity (Wildman–Crippen MR) is 101 cm³/mol. The highest BCUT2D eigenvalue weighted by molar-refractivity contribution is 7.14. The van der Waals surface area contributed by atoms with E-state index >= 15 is 0 Å². The zero-order chi connectivity index (χ0) is 18.4. The summed E-state index contributed by atoms with van der Waals surface area (Å²) in [5, 5.41) is 18.5. The Labute approximate surface area is 158 Å². The maximum absolute atomic E-state index is 12.1. The third kappa shape index (κ3) is 4.75. The Balaban J connectivity index is 1.51. The van der Waals surface area contributed by atoms with E-state index in [1.54, 1.807) is 29.6 Å². The average molecular weight is 382 g/mol. The summed E-state index contributed by atoms with van der Waals surface area (Å²) in [6, 6.07) is 12.7. The highest BCUT2D eigenvalue weighted by atomic mass is 32.1. The first kappa shape index (κ1) is 17.8. The summed E-state index contributed by atoms with van der Waals surface area (Å²) in [4.78, 5) is 28.9. The van der Waals surface area contributed by atoms with Gasteiger partial charge in [0.25, 0.3) is 5.91 Å². The van der Waals surface area contributed by atoms with Gasteiger partial charge in [0.15, 0.2) is 5.13 Å². The van der Waals surface area contributed by atoms with Crippen LogP contribution in [0.1, 0.15) is 26.5 Å². The molecule has 0 fully saturated rings. The van der Waals surface area contributed by atoms with Crippen molar-refractivity contribution < 1.29 is 9.59 Å². The Bertz CT molecular complexity index is 958. The number of nitrogens with zero attached hydrogens (tertiary/aromatic N) is 2. The SMILES string of the molecule is N#Cc1cccc(CNC(=O)Cc2csc(NC(=O)c3cccs3)n2)c1. The van der Waals surface area contributed by atoms with Crippen LogP contribution in [0.15, 0.2) is 47.2 Å². The molecule has 0 unspecified atom stereocenters. The lowest BCUT2D eigenvalue weighted by Crippen LogP contribution is -2.24.